The fourth-order valence-electron chi connectivity index (χ4n) is 10.3. The molecule has 2 aromatic rings. The number of hydrogen-bond donors (Lipinski definition) is 0. The number of fused-ring (bicyclic) bond motifs is 3. The smallest absolute Gasteiger partial charge is 0.166 e. The SMILES string of the molecule is C[C@H](CC=C(c1ccccc1)c1ccccc1)[C@@H]1C[C@@H]2[C@H]3CC[C@@H]4C[C@H]5CC[C@@]4(C)[C@]3(O5)C(=O)C[C@]2(C)C1. The van der Waals surface area contributed by atoms with Gasteiger partial charge in [0.15, 0.2) is 5.78 Å². The fraction of sp³-hybridized carbons (Fsp3) is 0.583. The van der Waals surface area contributed by atoms with E-state index in [1.807, 2.05) is 0 Å². The topological polar surface area (TPSA) is 26.3 Å². The van der Waals surface area contributed by atoms with Crippen molar-refractivity contribution in [2.75, 3.05) is 0 Å². The number of allylic oxidation sites excluding steroid dienone is 1. The van der Waals surface area contributed by atoms with E-state index in [2.05, 4.69) is 87.5 Å². The van der Waals surface area contributed by atoms with Gasteiger partial charge in [0, 0.05) is 11.8 Å². The van der Waals surface area contributed by atoms with E-state index in [0.717, 1.165) is 19.3 Å². The highest BCUT2D eigenvalue weighted by atomic mass is 16.5. The van der Waals surface area contributed by atoms with Crippen molar-refractivity contribution in [1.29, 1.82) is 0 Å². The fourth-order valence-corrected chi connectivity index (χ4v) is 10.3. The number of carbonyl (C=O) groups excluding carboxylic acids is 1. The molecule has 0 N–H and O–H groups in total. The second-order valence-corrected chi connectivity index (χ2v) is 14.2. The molecule has 2 saturated heterocycles. The summed E-state index contributed by atoms with van der Waals surface area (Å²) < 4.78 is 6.93. The van der Waals surface area contributed by atoms with Gasteiger partial charge in [-0.1, -0.05) is 87.5 Å². The average Bonchev–Trinajstić information content (AvgIpc) is 3.27. The lowest BCUT2D eigenvalue weighted by Crippen LogP contribution is -2.74. The summed E-state index contributed by atoms with van der Waals surface area (Å²) in [6.45, 7) is 7.36. The summed E-state index contributed by atoms with van der Waals surface area (Å²) in [5.74, 6) is 3.48. The molecule has 6 fully saturated rings. The Morgan fingerprint density at radius 1 is 0.947 bits per heavy atom. The van der Waals surface area contributed by atoms with Crippen LogP contribution in [-0.4, -0.2) is 17.5 Å². The first-order valence-electron chi connectivity index (χ1n) is 15.4. The lowest BCUT2D eigenvalue weighted by molar-refractivity contribution is -0.306. The monoisotopic (exact) mass is 508 g/mol. The zero-order valence-corrected chi connectivity index (χ0v) is 23.5. The summed E-state index contributed by atoms with van der Waals surface area (Å²) in [4.78, 5) is 14.2. The molecule has 4 bridgehead atoms. The molecular formula is C36H44O2. The van der Waals surface area contributed by atoms with E-state index >= 15 is 0 Å². The minimum atomic E-state index is -0.479. The van der Waals surface area contributed by atoms with Crippen LogP contribution in [0.25, 0.3) is 5.57 Å². The molecule has 38 heavy (non-hydrogen) atoms. The van der Waals surface area contributed by atoms with Crippen LogP contribution in [-0.2, 0) is 9.53 Å². The third-order valence-electron chi connectivity index (χ3n) is 12.3. The van der Waals surface area contributed by atoms with Crippen molar-refractivity contribution < 1.29 is 9.53 Å². The molecule has 8 rings (SSSR count). The van der Waals surface area contributed by atoms with E-state index < -0.39 is 5.60 Å². The van der Waals surface area contributed by atoms with E-state index in [0.29, 0.717) is 41.5 Å². The summed E-state index contributed by atoms with van der Waals surface area (Å²) in [6.07, 6.45) is 13.2. The zero-order valence-electron chi connectivity index (χ0n) is 23.5. The Labute approximate surface area is 229 Å². The molecular weight excluding hydrogens is 464 g/mol. The molecule has 9 atom stereocenters. The Morgan fingerprint density at radius 2 is 1.63 bits per heavy atom. The summed E-state index contributed by atoms with van der Waals surface area (Å²) in [6, 6.07) is 21.7. The van der Waals surface area contributed by atoms with Gasteiger partial charge in [-0.05, 0) is 103 Å². The predicted octanol–water partition coefficient (Wildman–Crippen LogP) is 8.50. The van der Waals surface area contributed by atoms with Crippen LogP contribution in [0.2, 0.25) is 0 Å². The van der Waals surface area contributed by atoms with E-state index in [-0.39, 0.29) is 10.8 Å². The Balaban J connectivity index is 1.15. The number of carbonyl (C=O) groups is 1. The minimum Gasteiger partial charge on any atom is -0.363 e. The molecule has 0 unspecified atom stereocenters. The summed E-state index contributed by atoms with van der Waals surface area (Å²) in [7, 11) is 0. The van der Waals surface area contributed by atoms with Crippen LogP contribution in [0, 0.1) is 40.4 Å². The van der Waals surface area contributed by atoms with Crippen LogP contribution >= 0.6 is 0 Å². The van der Waals surface area contributed by atoms with Crippen molar-refractivity contribution >= 4 is 11.4 Å². The third-order valence-corrected chi connectivity index (χ3v) is 12.3. The molecule has 1 spiro atoms. The summed E-state index contributed by atoms with van der Waals surface area (Å²) in [5, 5.41) is 0. The van der Waals surface area contributed by atoms with Gasteiger partial charge in [-0.3, -0.25) is 4.79 Å². The Bertz CT molecular complexity index is 1190. The van der Waals surface area contributed by atoms with Gasteiger partial charge in [-0.2, -0.15) is 0 Å². The number of Topliss-reactive ketones (excluding diaryl/α,β-unsaturated/α-hetero) is 1. The molecule has 2 aromatic carbocycles. The van der Waals surface area contributed by atoms with Gasteiger partial charge in [-0.25, -0.2) is 0 Å². The molecule has 4 saturated carbocycles. The number of ether oxygens (including phenoxy) is 1. The normalized spacial score (nSPS) is 41.8. The minimum absolute atomic E-state index is 0.0653. The van der Waals surface area contributed by atoms with Crippen molar-refractivity contribution in [2.45, 2.75) is 90.3 Å². The van der Waals surface area contributed by atoms with Gasteiger partial charge in [-0.15, -0.1) is 0 Å². The molecule has 0 amide bonds. The Kier molecular flexibility index (Phi) is 5.82. The molecule has 6 aliphatic rings. The largest absolute Gasteiger partial charge is 0.363 e. The van der Waals surface area contributed by atoms with E-state index in [9.17, 15) is 4.79 Å². The third kappa shape index (κ3) is 3.51. The molecule has 2 nitrogen and oxygen atoms in total. The van der Waals surface area contributed by atoms with Crippen molar-refractivity contribution in [2.24, 2.45) is 40.4 Å². The highest BCUT2D eigenvalue weighted by molar-refractivity contribution is 5.91. The van der Waals surface area contributed by atoms with Crippen molar-refractivity contribution in [3.05, 3.63) is 77.9 Å². The molecule has 2 heteroatoms. The van der Waals surface area contributed by atoms with Crippen molar-refractivity contribution in [3.8, 4) is 0 Å². The van der Waals surface area contributed by atoms with Crippen LogP contribution in [0.1, 0.15) is 89.7 Å². The van der Waals surface area contributed by atoms with Gasteiger partial charge in [0.1, 0.15) is 5.60 Å². The molecule has 2 heterocycles. The molecule has 0 aromatic heterocycles. The zero-order chi connectivity index (χ0) is 26.1. The first kappa shape index (κ1) is 24.8. The second kappa shape index (κ2) is 8.91. The number of ketones is 1. The van der Waals surface area contributed by atoms with Gasteiger partial charge in [0.05, 0.1) is 6.10 Å². The first-order valence-corrected chi connectivity index (χ1v) is 15.4. The van der Waals surface area contributed by atoms with Gasteiger partial charge < -0.3 is 4.74 Å². The standard InChI is InChI=1S/C36H44O2/c1-24(14-16-30(25-10-6-4-7-11-25)26-12-8-5-9-13-26)27-20-32-31-17-15-28-21-29-18-19-35(28,3)36(31,38-29)33(37)23-34(32,2)22-27/h4-13,16,24,27-29,31-32H,14-15,17-23H2,1-3H3/t24-,27-,28-,29-,31-,32-,34+,35-,36-/m1/s1. The van der Waals surface area contributed by atoms with Crippen LogP contribution in [0.3, 0.4) is 0 Å². The highest BCUT2D eigenvalue weighted by Crippen LogP contribution is 2.72. The number of benzene rings is 2. The van der Waals surface area contributed by atoms with Gasteiger partial charge in [0.2, 0.25) is 0 Å². The van der Waals surface area contributed by atoms with Gasteiger partial charge in [0.25, 0.3) is 0 Å². The quantitative estimate of drug-likeness (QED) is 0.405. The van der Waals surface area contributed by atoms with Crippen LogP contribution in [0.15, 0.2) is 66.7 Å². The maximum atomic E-state index is 14.2. The lowest BCUT2D eigenvalue weighted by Gasteiger charge is -2.70. The molecule has 4 aliphatic carbocycles. The highest BCUT2D eigenvalue weighted by Gasteiger charge is 2.74. The lowest BCUT2D eigenvalue weighted by atomic mass is 9.41. The Morgan fingerprint density at radius 3 is 2.32 bits per heavy atom. The van der Waals surface area contributed by atoms with Crippen molar-refractivity contribution in [3.63, 3.8) is 0 Å². The summed E-state index contributed by atoms with van der Waals surface area (Å²) in [5.41, 5.74) is 3.65. The van der Waals surface area contributed by atoms with Crippen LogP contribution < -0.4 is 0 Å². The van der Waals surface area contributed by atoms with E-state index in [1.54, 1.807) is 0 Å². The Hall–Kier alpha value is -2.19. The number of rotatable bonds is 5. The number of hydrogen-bond acceptors (Lipinski definition) is 2. The molecule has 200 valence electrons. The second-order valence-electron chi connectivity index (χ2n) is 14.2. The van der Waals surface area contributed by atoms with E-state index in [4.69, 9.17) is 4.74 Å². The molecule has 0 radical (unpaired) electrons. The van der Waals surface area contributed by atoms with Gasteiger partial charge >= 0.3 is 0 Å². The first-order chi connectivity index (χ1) is 18.3. The predicted molar refractivity (Wildman–Crippen MR) is 153 cm³/mol. The maximum Gasteiger partial charge on any atom is 0.166 e. The van der Waals surface area contributed by atoms with Crippen molar-refractivity contribution in [1.82, 2.24) is 0 Å². The van der Waals surface area contributed by atoms with Crippen LogP contribution in [0.5, 0.6) is 0 Å². The van der Waals surface area contributed by atoms with E-state index in [1.165, 1.54) is 55.2 Å². The molecule has 2 aliphatic heterocycles. The van der Waals surface area contributed by atoms with Crippen LogP contribution in [0.4, 0.5) is 0 Å². The average molecular weight is 509 g/mol. The maximum absolute atomic E-state index is 14.2. The summed E-state index contributed by atoms with van der Waals surface area (Å²) >= 11 is 0.